The van der Waals surface area contributed by atoms with Gasteiger partial charge >= 0.3 is 0 Å². The van der Waals surface area contributed by atoms with Crippen LogP contribution in [-0.2, 0) is 6.54 Å². The topological polar surface area (TPSA) is 55.9 Å². The van der Waals surface area contributed by atoms with E-state index in [1.165, 1.54) is 0 Å². The van der Waals surface area contributed by atoms with Crippen molar-refractivity contribution in [2.24, 2.45) is 5.73 Å². The van der Waals surface area contributed by atoms with Gasteiger partial charge < -0.3 is 11.1 Å². The van der Waals surface area contributed by atoms with E-state index in [0.29, 0.717) is 4.99 Å². The van der Waals surface area contributed by atoms with Crippen LogP contribution >= 0.6 is 28.1 Å². The number of nitrogens with one attached hydrogen (secondary N) is 1. The summed E-state index contributed by atoms with van der Waals surface area (Å²) < 4.78 is 2.87. The molecule has 0 amide bonds. The maximum absolute atomic E-state index is 5.72. The molecule has 4 nitrogen and oxygen atoms in total. The van der Waals surface area contributed by atoms with Crippen molar-refractivity contribution in [3.05, 3.63) is 46.2 Å². The van der Waals surface area contributed by atoms with Gasteiger partial charge in [-0.05, 0) is 30.7 Å². The van der Waals surface area contributed by atoms with Crippen LogP contribution in [0, 0.1) is 6.92 Å². The predicted molar refractivity (Wildman–Crippen MR) is 85.5 cm³/mol. The highest BCUT2D eigenvalue weighted by molar-refractivity contribution is 9.10. The lowest BCUT2D eigenvalue weighted by atomic mass is 10.2. The van der Waals surface area contributed by atoms with Crippen molar-refractivity contribution in [3.8, 4) is 0 Å². The molecule has 0 bridgehead atoms. The first-order valence-electron chi connectivity index (χ1n) is 5.88. The minimum atomic E-state index is 0.388. The van der Waals surface area contributed by atoms with Crippen molar-refractivity contribution in [2.45, 2.75) is 13.5 Å². The van der Waals surface area contributed by atoms with Crippen molar-refractivity contribution in [1.82, 2.24) is 9.78 Å². The molecule has 0 unspecified atom stereocenters. The molecule has 0 aliphatic heterocycles. The molecule has 100 valence electrons. The fraction of sp³-hybridized carbons (Fsp3) is 0.231. The first-order valence-corrected chi connectivity index (χ1v) is 7.08. The van der Waals surface area contributed by atoms with E-state index in [0.717, 1.165) is 34.4 Å². The zero-order valence-electron chi connectivity index (χ0n) is 10.6. The van der Waals surface area contributed by atoms with Gasteiger partial charge in [-0.15, -0.1) is 0 Å². The number of nitrogens with two attached hydrogens (primary N) is 1. The summed E-state index contributed by atoms with van der Waals surface area (Å²) in [6, 6.07) is 5.85. The molecule has 0 saturated carbocycles. The van der Waals surface area contributed by atoms with Gasteiger partial charge in [-0.25, -0.2) is 0 Å². The van der Waals surface area contributed by atoms with E-state index >= 15 is 0 Å². The quantitative estimate of drug-likeness (QED) is 0.823. The number of thiocarbonyl (C=S) groups is 1. The Morgan fingerprint density at radius 2 is 2.32 bits per heavy atom. The van der Waals surface area contributed by atoms with Crippen molar-refractivity contribution in [3.63, 3.8) is 0 Å². The number of benzene rings is 1. The molecule has 0 fully saturated rings. The van der Waals surface area contributed by atoms with Crippen molar-refractivity contribution < 1.29 is 0 Å². The summed E-state index contributed by atoms with van der Waals surface area (Å²) in [5, 5.41) is 7.57. The number of aryl methyl sites for hydroxylation is 1. The number of aromatic nitrogens is 2. The summed E-state index contributed by atoms with van der Waals surface area (Å²) in [6.45, 7) is 3.58. The molecule has 3 N–H and O–H groups in total. The Bertz CT molecular complexity index is 594. The lowest BCUT2D eigenvalue weighted by molar-refractivity contribution is 0.637. The zero-order chi connectivity index (χ0) is 13.8. The number of halogens is 1. The van der Waals surface area contributed by atoms with E-state index in [9.17, 15) is 0 Å². The summed E-state index contributed by atoms with van der Waals surface area (Å²) in [4.78, 5) is 0.388. The van der Waals surface area contributed by atoms with E-state index in [2.05, 4.69) is 26.3 Å². The third kappa shape index (κ3) is 3.78. The number of hydrogen-bond donors (Lipinski definition) is 2. The van der Waals surface area contributed by atoms with Crippen LogP contribution in [0.3, 0.4) is 0 Å². The van der Waals surface area contributed by atoms with E-state index in [1.807, 2.05) is 42.2 Å². The van der Waals surface area contributed by atoms with E-state index < -0.39 is 0 Å². The van der Waals surface area contributed by atoms with Crippen LogP contribution < -0.4 is 11.1 Å². The molecule has 0 aliphatic rings. The lowest BCUT2D eigenvalue weighted by Gasteiger charge is -2.11. The molecular weight excluding hydrogens is 324 g/mol. The first kappa shape index (κ1) is 14.0. The molecule has 1 aromatic carbocycles. The lowest BCUT2D eigenvalue weighted by Crippen LogP contribution is -2.16. The Morgan fingerprint density at radius 1 is 1.53 bits per heavy atom. The summed E-state index contributed by atoms with van der Waals surface area (Å²) >= 11 is 8.47. The molecule has 0 radical (unpaired) electrons. The van der Waals surface area contributed by atoms with Crippen LogP contribution in [-0.4, -0.2) is 21.3 Å². The van der Waals surface area contributed by atoms with Gasteiger partial charge in [0.2, 0.25) is 0 Å². The fourth-order valence-electron chi connectivity index (χ4n) is 1.77. The monoisotopic (exact) mass is 338 g/mol. The van der Waals surface area contributed by atoms with Gasteiger partial charge in [-0.2, -0.15) is 5.10 Å². The molecular formula is C13H15BrN4S. The molecule has 1 aromatic heterocycles. The van der Waals surface area contributed by atoms with Gasteiger partial charge in [0.05, 0.1) is 12.7 Å². The number of anilines is 1. The van der Waals surface area contributed by atoms with Crippen LogP contribution in [0.15, 0.2) is 35.1 Å². The van der Waals surface area contributed by atoms with Crippen molar-refractivity contribution in [1.29, 1.82) is 0 Å². The number of nitrogens with zero attached hydrogens (tertiary/aromatic N) is 2. The van der Waals surface area contributed by atoms with Crippen LogP contribution in [0.2, 0.25) is 0 Å². The summed E-state index contributed by atoms with van der Waals surface area (Å²) in [5.74, 6) is 0. The molecule has 2 aromatic rings. The van der Waals surface area contributed by atoms with Crippen molar-refractivity contribution in [2.75, 3.05) is 11.9 Å². The highest BCUT2D eigenvalue weighted by atomic mass is 79.9. The molecule has 0 aliphatic carbocycles. The van der Waals surface area contributed by atoms with Crippen LogP contribution in [0.4, 0.5) is 5.69 Å². The van der Waals surface area contributed by atoms with Gasteiger partial charge in [0, 0.05) is 28.5 Å². The van der Waals surface area contributed by atoms with Gasteiger partial charge in [0.1, 0.15) is 4.99 Å². The average Bonchev–Trinajstić information content (AvgIpc) is 2.77. The maximum Gasteiger partial charge on any atom is 0.106 e. The first-order chi connectivity index (χ1) is 9.06. The molecule has 1 heterocycles. The normalized spacial score (nSPS) is 10.4. The van der Waals surface area contributed by atoms with Crippen molar-refractivity contribution >= 4 is 38.8 Å². The number of hydrogen-bond acceptors (Lipinski definition) is 3. The second-order valence-electron chi connectivity index (χ2n) is 4.26. The second-order valence-corrected chi connectivity index (χ2v) is 5.62. The van der Waals surface area contributed by atoms with E-state index in [4.69, 9.17) is 18.0 Å². The fourth-order valence-corrected chi connectivity index (χ4v) is 2.30. The smallest absolute Gasteiger partial charge is 0.106 e. The minimum Gasteiger partial charge on any atom is -0.389 e. The number of rotatable bonds is 5. The predicted octanol–water partition coefficient (Wildman–Crippen LogP) is 2.70. The second kappa shape index (κ2) is 6.16. The van der Waals surface area contributed by atoms with Gasteiger partial charge in [0.15, 0.2) is 0 Å². The molecule has 0 saturated heterocycles. The van der Waals surface area contributed by atoms with Gasteiger partial charge in [0.25, 0.3) is 0 Å². The summed E-state index contributed by atoms with van der Waals surface area (Å²) in [5.41, 5.74) is 8.67. The summed E-state index contributed by atoms with van der Waals surface area (Å²) in [6.07, 6.45) is 3.86. The third-order valence-electron chi connectivity index (χ3n) is 2.67. The highest BCUT2D eigenvalue weighted by Gasteiger charge is 2.05. The third-order valence-corrected chi connectivity index (χ3v) is 3.38. The van der Waals surface area contributed by atoms with Crippen LogP contribution in [0.5, 0.6) is 0 Å². The molecule has 19 heavy (non-hydrogen) atoms. The summed E-state index contributed by atoms with van der Waals surface area (Å²) in [7, 11) is 0. The Hall–Kier alpha value is -1.40. The Kier molecular flexibility index (Phi) is 4.55. The van der Waals surface area contributed by atoms with Gasteiger partial charge in [-0.3, -0.25) is 4.68 Å². The molecule has 2 rings (SSSR count). The van der Waals surface area contributed by atoms with Crippen LogP contribution in [0.25, 0.3) is 0 Å². The van der Waals surface area contributed by atoms with Crippen LogP contribution in [0.1, 0.15) is 11.1 Å². The highest BCUT2D eigenvalue weighted by Crippen LogP contribution is 2.20. The largest absolute Gasteiger partial charge is 0.389 e. The molecule has 6 heteroatoms. The van der Waals surface area contributed by atoms with E-state index in [-0.39, 0.29) is 0 Å². The average molecular weight is 339 g/mol. The molecule has 0 spiro atoms. The SMILES string of the molecule is Cc1cnn(CCNc2ccc(Br)cc2C(N)=S)c1. The maximum atomic E-state index is 5.72. The minimum absolute atomic E-state index is 0.388. The molecule has 0 atom stereocenters. The Morgan fingerprint density at radius 3 is 2.95 bits per heavy atom. The standard InChI is InChI=1S/C13H15BrN4S/c1-9-7-17-18(8-9)5-4-16-12-3-2-10(14)6-11(12)13(15)19/h2-3,6-8,16H,4-5H2,1H3,(H2,15,19). The van der Waals surface area contributed by atoms with E-state index in [1.54, 1.807) is 0 Å². The Labute approximate surface area is 126 Å². The zero-order valence-corrected chi connectivity index (χ0v) is 13.0. The Balaban J connectivity index is 2.01. The van der Waals surface area contributed by atoms with Gasteiger partial charge in [-0.1, -0.05) is 28.1 Å².